The second kappa shape index (κ2) is 7.48. The van der Waals surface area contributed by atoms with E-state index in [-0.39, 0.29) is 6.54 Å². The SMILES string of the molecule is C=CCN(Cc1cccs1)C(=O)Cn1cccc(C(F)(F)F)c1=O. The van der Waals surface area contributed by atoms with E-state index in [1.54, 1.807) is 0 Å². The van der Waals surface area contributed by atoms with Crippen LogP contribution >= 0.6 is 11.3 Å². The van der Waals surface area contributed by atoms with Gasteiger partial charge in [0.1, 0.15) is 12.1 Å². The lowest BCUT2D eigenvalue weighted by molar-refractivity contribution is -0.139. The second-order valence-electron chi connectivity index (χ2n) is 4.99. The standard InChI is InChI=1S/C16H15F3N2O2S/c1-2-7-20(10-12-5-4-9-24-12)14(22)11-21-8-3-6-13(15(21)23)16(17,18)19/h2-6,8-9H,1,7,10-11H2. The van der Waals surface area contributed by atoms with Crippen molar-refractivity contribution in [2.45, 2.75) is 19.3 Å². The number of nitrogens with zero attached hydrogens (tertiary/aromatic N) is 2. The van der Waals surface area contributed by atoms with E-state index in [1.165, 1.54) is 28.5 Å². The number of carbonyl (C=O) groups is 1. The van der Waals surface area contributed by atoms with E-state index in [0.717, 1.165) is 15.5 Å². The van der Waals surface area contributed by atoms with E-state index in [0.29, 0.717) is 12.6 Å². The van der Waals surface area contributed by atoms with Crippen molar-refractivity contribution in [2.75, 3.05) is 6.54 Å². The lowest BCUT2D eigenvalue weighted by Crippen LogP contribution is -2.37. The summed E-state index contributed by atoms with van der Waals surface area (Å²) in [6.07, 6.45) is -2.05. The van der Waals surface area contributed by atoms with Gasteiger partial charge in [0.05, 0.1) is 6.54 Å². The average Bonchev–Trinajstić information content (AvgIpc) is 3.00. The summed E-state index contributed by atoms with van der Waals surface area (Å²) in [6.45, 7) is 3.68. The number of alkyl halides is 3. The Kier molecular flexibility index (Phi) is 5.61. The molecule has 0 radical (unpaired) electrons. The van der Waals surface area contributed by atoms with Crippen molar-refractivity contribution >= 4 is 17.2 Å². The Balaban J connectivity index is 2.21. The molecule has 2 aromatic rings. The van der Waals surface area contributed by atoms with Crippen LogP contribution in [0, 0.1) is 0 Å². The van der Waals surface area contributed by atoms with Crippen molar-refractivity contribution in [1.82, 2.24) is 9.47 Å². The number of pyridine rings is 1. The molecular weight excluding hydrogens is 341 g/mol. The van der Waals surface area contributed by atoms with Crippen LogP contribution in [0.3, 0.4) is 0 Å². The Labute approximate surface area is 140 Å². The molecule has 0 bridgehead atoms. The van der Waals surface area contributed by atoms with Gasteiger partial charge in [-0.1, -0.05) is 12.1 Å². The third-order valence-corrected chi connectivity index (χ3v) is 4.12. The highest BCUT2D eigenvalue weighted by Gasteiger charge is 2.34. The molecular formula is C16H15F3N2O2S. The van der Waals surface area contributed by atoms with E-state index in [9.17, 15) is 22.8 Å². The highest BCUT2D eigenvalue weighted by atomic mass is 32.1. The van der Waals surface area contributed by atoms with Crippen LogP contribution in [0.2, 0.25) is 0 Å². The number of hydrogen-bond donors (Lipinski definition) is 0. The molecule has 0 N–H and O–H groups in total. The maximum absolute atomic E-state index is 12.8. The maximum Gasteiger partial charge on any atom is 0.421 e. The molecule has 0 aliphatic heterocycles. The smallest absolute Gasteiger partial charge is 0.332 e. The fourth-order valence-corrected chi connectivity index (χ4v) is 2.84. The third-order valence-electron chi connectivity index (χ3n) is 3.26. The van der Waals surface area contributed by atoms with Crippen LogP contribution in [0.25, 0.3) is 0 Å². The molecule has 0 spiro atoms. The first-order chi connectivity index (χ1) is 11.3. The predicted octanol–water partition coefficient (Wildman–Crippen LogP) is 3.14. The van der Waals surface area contributed by atoms with Gasteiger partial charge in [0.15, 0.2) is 0 Å². The summed E-state index contributed by atoms with van der Waals surface area (Å²) in [5.74, 6) is -0.454. The van der Waals surface area contributed by atoms with Crippen molar-refractivity contribution in [3.63, 3.8) is 0 Å². The lowest BCUT2D eigenvalue weighted by atomic mass is 10.2. The molecule has 2 heterocycles. The zero-order valence-electron chi connectivity index (χ0n) is 12.6. The zero-order chi connectivity index (χ0) is 17.7. The van der Waals surface area contributed by atoms with Crippen molar-refractivity contribution in [3.8, 4) is 0 Å². The summed E-state index contributed by atoms with van der Waals surface area (Å²) < 4.78 is 39.1. The summed E-state index contributed by atoms with van der Waals surface area (Å²) in [6, 6.07) is 5.50. The molecule has 0 aromatic carbocycles. The van der Waals surface area contributed by atoms with Crippen molar-refractivity contribution in [1.29, 1.82) is 0 Å². The predicted molar refractivity (Wildman–Crippen MR) is 85.6 cm³/mol. The molecule has 24 heavy (non-hydrogen) atoms. The van der Waals surface area contributed by atoms with E-state index in [1.807, 2.05) is 17.5 Å². The molecule has 2 rings (SSSR count). The molecule has 0 saturated heterocycles. The van der Waals surface area contributed by atoms with Crippen molar-refractivity contribution < 1.29 is 18.0 Å². The summed E-state index contributed by atoms with van der Waals surface area (Å²) in [4.78, 5) is 26.7. The summed E-state index contributed by atoms with van der Waals surface area (Å²) >= 11 is 1.46. The van der Waals surface area contributed by atoms with Gasteiger partial charge in [-0.25, -0.2) is 0 Å². The monoisotopic (exact) mass is 356 g/mol. The van der Waals surface area contributed by atoms with Crippen LogP contribution in [0.15, 0.2) is 53.3 Å². The highest BCUT2D eigenvalue weighted by Crippen LogP contribution is 2.26. The van der Waals surface area contributed by atoms with Crippen LogP contribution in [-0.4, -0.2) is 21.9 Å². The first-order valence-corrected chi connectivity index (χ1v) is 7.88. The molecule has 2 aromatic heterocycles. The Bertz CT molecular complexity index is 766. The average molecular weight is 356 g/mol. The van der Waals surface area contributed by atoms with E-state index < -0.39 is 29.8 Å². The molecule has 1 amide bonds. The zero-order valence-corrected chi connectivity index (χ0v) is 13.4. The molecule has 128 valence electrons. The largest absolute Gasteiger partial charge is 0.421 e. The van der Waals surface area contributed by atoms with Gasteiger partial charge in [-0.2, -0.15) is 13.2 Å². The number of rotatable bonds is 6. The Hall–Kier alpha value is -2.35. The molecule has 4 nitrogen and oxygen atoms in total. The quantitative estimate of drug-likeness (QED) is 0.746. The number of amides is 1. The van der Waals surface area contributed by atoms with Crippen molar-refractivity contribution in [2.24, 2.45) is 0 Å². The molecule has 0 aliphatic carbocycles. The normalized spacial score (nSPS) is 11.3. The number of aromatic nitrogens is 1. The molecule has 8 heteroatoms. The van der Waals surface area contributed by atoms with Gasteiger partial charge in [0.25, 0.3) is 5.56 Å². The van der Waals surface area contributed by atoms with Gasteiger partial charge in [0.2, 0.25) is 5.91 Å². The first kappa shape index (κ1) is 18.0. The minimum atomic E-state index is -4.75. The van der Waals surface area contributed by atoms with E-state index in [4.69, 9.17) is 0 Å². The number of halogens is 3. The van der Waals surface area contributed by atoms with E-state index in [2.05, 4.69) is 6.58 Å². The van der Waals surface area contributed by atoms with Crippen LogP contribution in [0.4, 0.5) is 13.2 Å². The molecule has 0 fully saturated rings. The molecule has 0 saturated carbocycles. The number of carbonyl (C=O) groups excluding carboxylic acids is 1. The summed E-state index contributed by atoms with van der Waals surface area (Å²) in [5, 5.41) is 1.86. The maximum atomic E-state index is 12.8. The molecule has 0 aliphatic rings. The lowest BCUT2D eigenvalue weighted by Gasteiger charge is -2.21. The third kappa shape index (κ3) is 4.35. The second-order valence-corrected chi connectivity index (χ2v) is 6.03. The Morgan fingerprint density at radius 2 is 2.08 bits per heavy atom. The van der Waals surface area contributed by atoms with Gasteiger partial charge in [-0.05, 0) is 23.6 Å². The molecule has 0 atom stereocenters. The fourth-order valence-electron chi connectivity index (χ4n) is 2.12. The van der Waals surface area contributed by atoms with Crippen LogP contribution < -0.4 is 5.56 Å². The van der Waals surface area contributed by atoms with Crippen LogP contribution in [-0.2, 0) is 24.1 Å². The summed E-state index contributed by atoms with van der Waals surface area (Å²) in [5.41, 5.74) is -2.51. The minimum absolute atomic E-state index is 0.241. The van der Waals surface area contributed by atoms with Gasteiger partial charge >= 0.3 is 6.18 Å². The van der Waals surface area contributed by atoms with Crippen molar-refractivity contribution in [3.05, 3.63) is 69.3 Å². The number of thiophene rings is 1. The van der Waals surface area contributed by atoms with Gasteiger partial charge in [-0.15, -0.1) is 17.9 Å². The minimum Gasteiger partial charge on any atom is -0.332 e. The Morgan fingerprint density at radius 1 is 1.33 bits per heavy atom. The summed E-state index contributed by atoms with van der Waals surface area (Å²) in [7, 11) is 0. The topological polar surface area (TPSA) is 42.3 Å². The first-order valence-electron chi connectivity index (χ1n) is 7.00. The Morgan fingerprint density at radius 3 is 2.67 bits per heavy atom. The van der Waals surface area contributed by atoms with Crippen LogP contribution in [0.1, 0.15) is 10.4 Å². The van der Waals surface area contributed by atoms with Gasteiger partial charge in [0, 0.05) is 17.6 Å². The number of hydrogen-bond acceptors (Lipinski definition) is 3. The van der Waals surface area contributed by atoms with Gasteiger partial charge < -0.3 is 9.47 Å². The van der Waals surface area contributed by atoms with Crippen LogP contribution in [0.5, 0.6) is 0 Å². The highest BCUT2D eigenvalue weighted by molar-refractivity contribution is 7.09. The van der Waals surface area contributed by atoms with Gasteiger partial charge in [-0.3, -0.25) is 9.59 Å². The fraction of sp³-hybridized carbons (Fsp3) is 0.250. The molecule has 0 unspecified atom stereocenters. The van der Waals surface area contributed by atoms with E-state index >= 15 is 0 Å².